The van der Waals surface area contributed by atoms with Gasteiger partial charge in [0.15, 0.2) is 6.10 Å². The van der Waals surface area contributed by atoms with Crippen LogP contribution in [0.1, 0.15) is 37.5 Å². The lowest BCUT2D eigenvalue weighted by Crippen LogP contribution is -2.49. The standard InChI is InChI=1S/C22H27F3NO8/c1-10-5-11-6-12(19(22(23,24)25)32-14(11)7-13(10)21(2,3)4)20(27)33-15-8-30-18-16(34-26(28)29)9-31-17(15)18/h5,7,12,15-19,28H,6,8-9H2,1-4H3/q-1/t12?,15-,16?,17+,18+,19-/m0/s1. The maximum Gasteiger partial charge on any atom is 0.426 e. The van der Waals surface area contributed by atoms with Gasteiger partial charge < -0.3 is 29.4 Å². The van der Waals surface area contributed by atoms with E-state index < -0.39 is 54.0 Å². The van der Waals surface area contributed by atoms with Gasteiger partial charge in [-0.3, -0.25) is 9.63 Å². The SMILES string of the molecule is Cc1cc2c(cc1C(C)(C)C)O[C@H](C(F)(F)F)C(C(=O)O[C@H]1CO[C@@H]3C(ON([O-])O)CO[C@H]13)C2. The summed E-state index contributed by atoms with van der Waals surface area (Å²) in [5.74, 6) is -2.59. The van der Waals surface area contributed by atoms with Gasteiger partial charge in [-0.1, -0.05) is 26.8 Å². The molecule has 0 amide bonds. The average molecular weight is 490 g/mol. The lowest BCUT2D eigenvalue weighted by atomic mass is 9.81. The van der Waals surface area contributed by atoms with Crippen molar-refractivity contribution >= 4 is 5.97 Å². The molecular weight excluding hydrogens is 463 g/mol. The Labute approximate surface area is 194 Å². The summed E-state index contributed by atoms with van der Waals surface area (Å²) >= 11 is 0. The summed E-state index contributed by atoms with van der Waals surface area (Å²) in [6.07, 6.45) is -11.0. The van der Waals surface area contributed by atoms with Crippen LogP contribution in [-0.2, 0) is 35.7 Å². The Morgan fingerprint density at radius 1 is 1.15 bits per heavy atom. The molecule has 1 aromatic rings. The molecule has 12 heteroatoms. The maximum atomic E-state index is 13.9. The fraction of sp³-hybridized carbons (Fsp3) is 0.682. The molecule has 0 saturated carbocycles. The number of esters is 1. The summed E-state index contributed by atoms with van der Waals surface area (Å²) in [4.78, 5) is 17.6. The van der Waals surface area contributed by atoms with Crippen LogP contribution in [0.25, 0.3) is 0 Å². The van der Waals surface area contributed by atoms with Gasteiger partial charge in [0.2, 0.25) is 6.10 Å². The molecule has 3 aliphatic heterocycles. The Balaban J connectivity index is 1.53. The monoisotopic (exact) mass is 490 g/mol. The van der Waals surface area contributed by atoms with Crippen LogP contribution in [0.5, 0.6) is 5.75 Å². The third-order valence-corrected chi connectivity index (χ3v) is 6.36. The van der Waals surface area contributed by atoms with Crippen molar-refractivity contribution in [1.82, 2.24) is 5.39 Å². The largest absolute Gasteiger partial charge is 0.738 e. The molecule has 190 valence electrons. The van der Waals surface area contributed by atoms with E-state index in [0.29, 0.717) is 5.56 Å². The average Bonchev–Trinajstić information content (AvgIpc) is 3.28. The van der Waals surface area contributed by atoms with Crippen LogP contribution in [0, 0.1) is 18.0 Å². The van der Waals surface area contributed by atoms with Crippen molar-refractivity contribution in [3.8, 4) is 5.75 Å². The van der Waals surface area contributed by atoms with Crippen LogP contribution in [0.3, 0.4) is 0 Å². The smallest absolute Gasteiger partial charge is 0.426 e. The van der Waals surface area contributed by atoms with E-state index in [1.54, 1.807) is 12.1 Å². The van der Waals surface area contributed by atoms with Gasteiger partial charge in [0.05, 0.1) is 13.2 Å². The molecular formula is C22H27F3NO8-. The number of carbonyl (C=O) groups excluding carboxylic acids is 1. The predicted octanol–water partition coefficient (Wildman–Crippen LogP) is 2.97. The number of benzene rings is 1. The quantitative estimate of drug-likeness (QED) is 0.503. The first kappa shape index (κ1) is 25.1. The summed E-state index contributed by atoms with van der Waals surface area (Å²) in [6.45, 7) is 7.46. The third-order valence-electron chi connectivity index (χ3n) is 6.36. The summed E-state index contributed by atoms with van der Waals surface area (Å²) in [7, 11) is 0. The van der Waals surface area contributed by atoms with Crippen LogP contribution < -0.4 is 4.74 Å². The number of carbonyl (C=O) groups is 1. The van der Waals surface area contributed by atoms with Gasteiger partial charge in [-0.15, -0.1) is 5.39 Å². The van der Waals surface area contributed by atoms with Crippen molar-refractivity contribution in [2.75, 3.05) is 13.2 Å². The molecule has 0 bridgehead atoms. The molecule has 0 radical (unpaired) electrons. The molecule has 9 nitrogen and oxygen atoms in total. The molecule has 1 N–H and O–H groups in total. The van der Waals surface area contributed by atoms with E-state index in [2.05, 4.69) is 4.84 Å². The normalized spacial score (nSPS) is 31.2. The molecule has 2 unspecified atom stereocenters. The van der Waals surface area contributed by atoms with Crippen LogP contribution in [0.15, 0.2) is 12.1 Å². The summed E-state index contributed by atoms with van der Waals surface area (Å²) in [5, 5.41) is 18.7. The Morgan fingerprint density at radius 2 is 1.76 bits per heavy atom. The van der Waals surface area contributed by atoms with Crippen LogP contribution in [-0.4, -0.2) is 66.5 Å². The van der Waals surface area contributed by atoms with Crippen LogP contribution in [0.2, 0.25) is 0 Å². The fourth-order valence-electron chi connectivity index (χ4n) is 4.86. The van der Waals surface area contributed by atoms with Crippen molar-refractivity contribution in [1.29, 1.82) is 0 Å². The van der Waals surface area contributed by atoms with Gasteiger partial charge in [-0.2, -0.15) is 13.2 Å². The first-order chi connectivity index (χ1) is 15.8. The van der Waals surface area contributed by atoms with Crippen molar-refractivity contribution in [3.63, 3.8) is 0 Å². The number of nitrogens with zero attached hydrogens (tertiary/aromatic N) is 1. The second kappa shape index (κ2) is 8.92. The molecule has 3 heterocycles. The maximum absolute atomic E-state index is 13.9. The molecule has 0 aromatic heterocycles. The first-order valence-corrected chi connectivity index (χ1v) is 10.9. The second-order valence-corrected chi connectivity index (χ2v) is 9.87. The number of hydrogen-bond acceptors (Lipinski definition) is 9. The van der Waals surface area contributed by atoms with Crippen LogP contribution >= 0.6 is 0 Å². The van der Waals surface area contributed by atoms with E-state index in [-0.39, 0.29) is 30.8 Å². The van der Waals surface area contributed by atoms with Gasteiger partial charge in [0.1, 0.15) is 30.0 Å². The highest BCUT2D eigenvalue weighted by molar-refractivity contribution is 5.75. The molecule has 1 aromatic carbocycles. The van der Waals surface area contributed by atoms with E-state index in [4.69, 9.17) is 24.2 Å². The number of aryl methyl sites for hydroxylation is 1. The Bertz CT molecular complexity index is 932. The molecule has 2 saturated heterocycles. The summed E-state index contributed by atoms with van der Waals surface area (Å²) in [5.41, 5.74) is 1.95. The van der Waals surface area contributed by atoms with Crippen molar-refractivity contribution in [3.05, 3.63) is 34.0 Å². The van der Waals surface area contributed by atoms with Crippen molar-refractivity contribution in [2.45, 2.75) is 76.2 Å². The number of halogens is 3. The van der Waals surface area contributed by atoms with E-state index >= 15 is 0 Å². The molecule has 0 spiro atoms. The second-order valence-electron chi connectivity index (χ2n) is 9.87. The highest BCUT2D eigenvalue weighted by Crippen LogP contribution is 2.42. The lowest BCUT2D eigenvalue weighted by molar-refractivity contribution is -0.335. The van der Waals surface area contributed by atoms with Crippen LogP contribution in [0.4, 0.5) is 13.2 Å². The van der Waals surface area contributed by atoms with Gasteiger partial charge in [-0.25, -0.2) is 0 Å². The zero-order valence-electron chi connectivity index (χ0n) is 19.1. The summed E-state index contributed by atoms with van der Waals surface area (Å²) < 4.78 is 63.3. The van der Waals surface area contributed by atoms with Gasteiger partial charge >= 0.3 is 12.1 Å². The number of alkyl halides is 3. The molecule has 6 atom stereocenters. The zero-order chi connectivity index (χ0) is 25.0. The minimum absolute atomic E-state index is 0.108. The minimum Gasteiger partial charge on any atom is -0.738 e. The fourth-order valence-corrected chi connectivity index (χ4v) is 4.86. The molecule has 0 aliphatic carbocycles. The number of rotatable bonds is 4. The number of fused-ring (bicyclic) bond motifs is 2. The molecule has 3 aliphatic rings. The first-order valence-electron chi connectivity index (χ1n) is 10.9. The van der Waals surface area contributed by atoms with E-state index in [1.165, 1.54) is 0 Å². The third kappa shape index (κ3) is 4.88. The molecule has 2 fully saturated rings. The van der Waals surface area contributed by atoms with E-state index in [0.717, 1.165) is 11.1 Å². The highest BCUT2D eigenvalue weighted by Gasteiger charge is 2.55. The van der Waals surface area contributed by atoms with Crippen molar-refractivity contribution < 1.29 is 47.0 Å². The number of hydrogen-bond donors (Lipinski definition) is 1. The van der Waals surface area contributed by atoms with E-state index in [1.807, 2.05) is 27.7 Å². The topological polar surface area (TPSA) is 110 Å². The Morgan fingerprint density at radius 3 is 2.35 bits per heavy atom. The number of ether oxygens (including phenoxy) is 4. The van der Waals surface area contributed by atoms with Gasteiger partial charge in [-0.05, 0) is 41.5 Å². The highest BCUT2D eigenvalue weighted by atomic mass is 19.4. The molecule has 4 rings (SSSR count). The van der Waals surface area contributed by atoms with Gasteiger partial charge in [0.25, 0.3) is 0 Å². The minimum atomic E-state index is -4.80. The Kier molecular flexibility index (Phi) is 6.60. The summed E-state index contributed by atoms with van der Waals surface area (Å²) in [6, 6.07) is 3.37. The predicted molar refractivity (Wildman–Crippen MR) is 109 cm³/mol. The van der Waals surface area contributed by atoms with E-state index in [9.17, 15) is 23.2 Å². The van der Waals surface area contributed by atoms with Gasteiger partial charge in [0, 0.05) is 0 Å². The molecule has 34 heavy (non-hydrogen) atoms. The van der Waals surface area contributed by atoms with Crippen molar-refractivity contribution in [2.24, 2.45) is 5.92 Å². The zero-order valence-corrected chi connectivity index (χ0v) is 19.1. The Hall–Kier alpha value is -1.96. The lowest BCUT2D eigenvalue weighted by Gasteiger charge is -2.35.